The van der Waals surface area contributed by atoms with Gasteiger partial charge in [-0.25, -0.2) is 4.79 Å². The van der Waals surface area contributed by atoms with Crippen molar-refractivity contribution in [3.05, 3.63) is 12.3 Å². The second kappa shape index (κ2) is 6.42. The molecule has 0 spiro atoms. The van der Waals surface area contributed by atoms with Gasteiger partial charge in [-0.2, -0.15) is 0 Å². The maximum absolute atomic E-state index is 10.2. The van der Waals surface area contributed by atoms with Crippen molar-refractivity contribution in [3.8, 4) is 0 Å². The number of hydrogen-bond donors (Lipinski definition) is 2. The molecule has 0 bridgehead atoms. The number of morpholine rings is 1. The fraction of sp³-hybridized carbons (Fsp3) is 0.700. The van der Waals surface area contributed by atoms with E-state index in [1.54, 1.807) is 0 Å². The van der Waals surface area contributed by atoms with E-state index in [2.05, 4.69) is 17.1 Å². The molecule has 2 N–H and O–H groups in total. The van der Waals surface area contributed by atoms with Crippen LogP contribution >= 0.6 is 0 Å². The molecule has 1 atom stereocenters. The van der Waals surface area contributed by atoms with E-state index in [1.165, 1.54) is 6.20 Å². The lowest BCUT2D eigenvalue weighted by Gasteiger charge is -2.31. The standard InChI is InChI=1S/C10H18N2O3/c1-2-12-5-6-15-9(8-12)7-11-4-3-10(13)14/h3-4,9,11H,2,5-8H2,1H3,(H,13,14)/b4-3+. The normalized spacial score (nSPS) is 23.1. The van der Waals surface area contributed by atoms with Crippen LogP contribution in [0.25, 0.3) is 0 Å². The quantitative estimate of drug-likeness (QED) is 0.626. The number of ether oxygens (including phenoxy) is 1. The van der Waals surface area contributed by atoms with Gasteiger partial charge in [-0.05, 0) is 6.54 Å². The summed E-state index contributed by atoms with van der Waals surface area (Å²) in [7, 11) is 0. The summed E-state index contributed by atoms with van der Waals surface area (Å²) < 4.78 is 5.53. The van der Waals surface area contributed by atoms with Crippen LogP contribution in [0.15, 0.2) is 12.3 Å². The summed E-state index contributed by atoms with van der Waals surface area (Å²) in [6.07, 6.45) is 2.67. The highest BCUT2D eigenvalue weighted by atomic mass is 16.5. The SMILES string of the molecule is CCN1CCOC(CN/C=C/C(=O)O)C1. The summed E-state index contributed by atoms with van der Waals surface area (Å²) in [5.74, 6) is -0.942. The number of nitrogens with one attached hydrogen (secondary N) is 1. The van der Waals surface area contributed by atoms with Gasteiger partial charge in [0.05, 0.1) is 12.7 Å². The largest absolute Gasteiger partial charge is 0.478 e. The fourth-order valence-electron chi connectivity index (χ4n) is 1.52. The van der Waals surface area contributed by atoms with Gasteiger partial charge in [-0.1, -0.05) is 6.92 Å². The number of aliphatic carboxylic acids is 1. The van der Waals surface area contributed by atoms with Crippen molar-refractivity contribution in [3.63, 3.8) is 0 Å². The van der Waals surface area contributed by atoms with E-state index in [0.717, 1.165) is 32.3 Å². The Hall–Kier alpha value is -1.07. The summed E-state index contributed by atoms with van der Waals surface area (Å²) in [5, 5.41) is 11.3. The van der Waals surface area contributed by atoms with Crippen LogP contribution in [0.5, 0.6) is 0 Å². The third-order valence-corrected chi connectivity index (χ3v) is 2.36. The Bertz CT molecular complexity index is 231. The second-order valence-electron chi connectivity index (χ2n) is 3.47. The molecule has 0 radical (unpaired) electrons. The minimum Gasteiger partial charge on any atom is -0.478 e. The molecule has 1 fully saturated rings. The molecule has 1 aliphatic rings. The number of likely N-dealkylation sites (N-methyl/N-ethyl adjacent to an activating group) is 1. The average molecular weight is 214 g/mol. The van der Waals surface area contributed by atoms with Gasteiger partial charge in [0.15, 0.2) is 0 Å². The smallest absolute Gasteiger partial charge is 0.329 e. The number of carboxylic acid groups (broad SMARTS) is 1. The molecule has 0 aromatic rings. The Morgan fingerprint density at radius 3 is 3.20 bits per heavy atom. The molecule has 1 saturated heterocycles. The van der Waals surface area contributed by atoms with Gasteiger partial charge < -0.3 is 15.2 Å². The maximum Gasteiger partial charge on any atom is 0.329 e. The maximum atomic E-state index is 10.2. The van der Waals surface area contributed by atoms with Crippen LogP contribution in [-0.4, -0.2) is 54.9 Å². The summed E-state index contributed by atoms with van der Waals surface area (Å²) in [4.78, 5) is 12.5. The lowest BCUT2D eigenvalue weighted by atomic mass is 10.2. The van der Waals surface area contributed by atoms with Gasteiger partial charge in [0, 0.05) is 31.9 Å². The van der Waals surface area contributed by atoms with Gasteiger partial charge in [0.1, 0.15) is 0 Å². The first-order valence-electron chi connectivity index (χ1n) is 5.19. The zero-order valence-corrected chi connectivity index (χ0v) is 8.98. The molecule has 0 aliphatic carbocycles. The predicted octanol–water partition coefficient (Wildman–Crippen LogP) is -0.105. The van der Waals surface area contributed by atoms with Crippen molar-refractivity contribution in [2.75, 3.05) is 32.8 Å². The molecule has 1 rings (SSSR count). The molecule has 1 aliphatic heterocycles. The van der Waals surface area contributed by atoms with Crippen molar-refractivity contribution in [2.24, 2.45) is 0 Å². The van der Waals surface area contributed by atoms with Gasteiger partial charge in [0.2, 0.25) is 0 Å². The molecule has 0 amide bonds. The van der Waals surface area contributed by atoms with E-state index in [9.17, 15) is 4.79 Å². The second-order valence-corrected chi connectivity index (χ2v) is 3.47. The summed E-state index contributed by atoms with van der Waals surface area (Å²) >= 11 is 0. The van der Waals surface area contributed by atoms with Gasteiger partial charge >= 0.3 is 5.97 Å². The molecule has 5 heteroatoms. The third kappa shape index (κ3) is 4.80. The fourth-order valence-corrected chi connectivity index (χ4v) is 1.52. The average Bonchev–Trinajstić information content (AvgIpc) is 2.24. The molecular weight excluding hydrogens is 196 g/mol. The molecule has 5 nitrogen and oxygen atoms in total. The van der Waals surface area contributed by atoms with Crippen LogP contribution in [0.2, 0.25) is 0 Å². The first-order valence-corrected chi connectivity index (χ1v) is 5.19. The van der Waals surface area contributed by atoms with Crippen LogP contribution in [0.1, 0.15) is 6.92 Å². The molecule has 1 heterocycles. The first-order chi connectivity index (χ1) is 7.22. The topological polar surface area (TPSA) is 61.8 Å². The Balaban J connectivity index is 2.18. The highest BCUT2D eigenvalue weighted by Gasteiger charge is 2.18. The number of carbonyl (C=O) groups is 1. The van der Waals surface area contributed by atoms with E-state index in [-0.39, 0.29) is 6.10 Å². The minimum absolute atomic E-state index is 0.150. The molecule has 1 unspecified atom stereocenters. The van der Waals surface area contributed by atoms with Crippen molar-refractivity contribution in [1.29, 1.82) is 0 Å². The molecular formula is C10H18N2O3. The molecule has 0 aromatic carbocycles. The van der Waals surface area contributed by atoms with E-state index in [0.29, 0.717) is 6.54 Å². The highest BCUT2D eigenvalue weighted by molar-refractivity contribution is 5.79. The van der Waals surface area contributed by atoms with Crippen LogP contribution in [0.4, 0.5) is 0 Å². The van der Waals surface area contributed by atoms with Crippen molar-refractivity contribution >= 4 is 5.97 Å². The van der Waals surface area contributed by atoms with E-state index in [1.807, 2.05) is 0 Å². The molecule has 86 valence electrons. The Kier molecular flexibility index (Phi) is 5.14. The van der Waals surface area contributed by atoms with Gasteiger partial charge in [-0.15, -0.1) is 0 Å². The summed E-state index contributed by atoms with van der Waals surface area (Å²) in [6, 6.07) is 0. The number of rotatable bonds is 5. The number of hydrogen-bond acceptors (Lipinski definition) is 4. The lowest BCUT2D eigenvalue weighted by molar-refractivity contribution is -0.131. The Morgan fingerprint density at radius 1 is 1.73 bits per heavy atom. The molecule has 15 heavy (non-hydrogen) atoms. The first kappa shape index (κ1) is 12.0. The van der Waals surface area contributed by atoms with Crippen molar-refractivity contribution < 1.29 is 14.6 Å². The predicted molar refractivity (Wildman–Crippen MR) is 56.6 cm³/mol. The zero-order valence-electron chi connectivity index (χ0n) is 8.98. The van der Waals surface area contributed by atoms with Gasteiger partial charge in [0.25, 0.3) is 0 Å². The van der Waals surface area contributed by atoms with Crippen molar-refractivity contribution in [2.45, 2.75) is 13.0 Å². The van der Waals surface area contributed by atoms with Crippen LogP contribution in [0, 0.1) is 0 Å². The van der Waals surface area contributed by atoms with Gasteiger partial charge in [-0.3, -0.25) is 4.90 Å². The minimum atomic E-state index is -0.942. The van der Waals surface area contributed by atoms with Crippen LogP contribution in [-0.2, 0) is 9.53 Å². The Labute approximate surface area is 89.7 Å². The Morgan fingerprint density at radius 2 is 2.53 bits per heavy atom. The van der Waals surface area contributed by atoms with Crippen LogP contribution < -0.4 is 5.32 Å². The van der Waals surface area contributed by atoms with Crippen LogP contribution in [0.3, 0.4) is 0 Å². The number of nitrogens with zero attached hydrogens (tertiary/aromatic N) is 1. The number of carboxylic acids is 1. The zero-order chi connectivity index (χ0) is 11.1. The monoisotopic (exact) mass is 214 g/mol. The lowest BCUT2D eigenvalue weighted by Crippen LogP contribution is -2.45. The third-order valence-electron chi connectivity index (χ3n) is 2.36. The molecule has 0 aromatic heterocycles. The highest BCUT2D eigenvalue weighted by Crippen LogP contribution is 2.03. The van der Waals surface area contributed by atoms with E-state index >= 15 is 0 Å². The summed E-state index contributed by atoms with van der Waals surface area (Å²) in [5.41, 5.74) is 0. The van der Waals surface area contributed by atoms with E-state index in [4.69, 9.17) is 9.84 Å². The van der Waals surface area contributed by atoms with Crippen molar-refractivity contribution in [1.82, 2.24) is 10.2 Å². The van der Waals surface area contributed by atoms with E-state index < -0.39 is 5.97 Å². The summed E-state index contributed by atoms with van der Waals surface area (Å²) in [6.45, 7) is 6.45. The molecule has 0 saturated carbocycles.